The van der Waals surface area contributed by atoms with Crippen molar-refractivity contribution in [3.63, 3.8) is 0 Å². The van der Waals surface area contributed by atoms with Crippen molar-refractivity contribution in [2.75, 3.05) is 17.6 Å². The first-order valence-electron chi connectivity index (χ1n) is 14.1. The number of hydrogen-bond acceptors (Lipinski definition) is 8. The fourth-order valence-electron chi connectivity index (χ4n) is 6.10. The van der Waals surface area contributed by atoms with Crippen LogP contribution < -0.4 is 5.32 Å². The van der Waals surface area contributed by atoms with Crippen LogP contribution in [0, 0.1) is 12.8 Å². The molecule has 2 unspecified atom stereocenters. The summed E-state index contributed by atoms with van der Waals surface area (Å²) in [6.45, 7) is 2.98. The van der Waals surface area contributed by atoms with Gasteiger partial charge in [-0.2, -0.15) is 0 Å². The minimum absolute atomic E-state index is 0.0329. The number of para-hydroxylation sites is 1. The van der Waals surface area contributed by atoms with Crippen LogP contribution in [0.3, 0.4) is 0 Å². The minimum Gasteiger partial charge on any atom is -0.385 e. The first-order valence-corrected chi connectivity index (χ1v) is 16.6. The van der Waals surface area contributed by atoms with Gasteiger partial charge in [-0.05, 0) is 97.4 Å². The summed E-state index contributed by atoms with van der Waals surface area (Å²) in [6.07, 6.45) is 6.63. The highest BCUT2D eigenvalue weighted by molar-refractivity contribution is 7.99. The standard InChI is InChI=1S/C31H35N3O4S2/c1-21-9-11-24(12-10-21)31(35)17-3-5-22(15-18-31)16-20-40(36,37)27-14-13-26(29-30(27)34-38-33-29)39-25-8-2-6-23-7-4-19-32-28(23)25/h2,6,8-14,22,32,35H,3-5,7,15-20H2,1H3. The molecule has 0 bridgehead atoms. The van der Waals surface area contributed by atoms with Gasteiger partial charge in [0.25, 0.3) is 0 Å². The van der Waals surface area contributed by atoms with Crippen molar-refractivity contribution in [2.45, 2.75) is 78.6 Å². The number of nitrogens with one attached hydrogen (secondary N) is 1. The van der Waals surface area contributed by atoms with Gasteiger partial charge in [-0.1, -0.05) is 60.1 Å². The Morgan fingerprint density at radius 1 is 1.00 bits per heavy atom. The van der Waals surface area contributed by atoms with E-state index < -0.39 is 15.4 Å². The lowest BCUT2D eigenvalue weighted by Gasteiger charge is -2.27. The molecule has 40 heavy (non-hydrogen) atoms. The van der Waals surface area contributed by atoms with E-state index in [1.165, 1.54) is 11.1 Å². The van der Waals surface area contributed by atoms with Gasteiger partial charge in [0, 0.05) is 16.3 Å². The zero-order chi connectivity index (χ0) is 27.7. The molecule has 1 aliphatic heterocycles. The number of aromatic nitrogens is 2. The summed E-state index contributed by atoms with van der Waals surface area (Å²) in [5, 5.41) is 23.0. The maximum Gasteiger partial charge on any atom is 0.180 e. The van der Waals surface area contributed by atoms with Crippen LogP contribution in [0.25, 0.3) is 11.0 Å². The van der Waals surface area contributed by atoms with Crippen molar-refractivity contribution < 1.29 is 18.2 Å². The molecule has 2 N–H and O–H groups in total. The van der Waals surface area contributed by atoms with Crippen LogP contribution in [-0.2, 0) is 21.9 Å². The molecule has 7 nitrogen and oxygen atoms in total. The predicted octanol–water partition coefficient (Wildman–Crippen LogP) is 6.67. The van der Waals surface area contributed by atoms with Crippen LogP contribution in [-0.4, -0.2) is 36.1 Å². The molecular formula is C31H35N3O4S2. The number of hydrogen-bond donors (Lipinski definition) is 2. The Kier molecular flexibility index (Phi) is 7.63. The van der Waals surface area contributed by atoms with E-state index in [-0.39, 0.29) is 22.1 Å². The third kappa shape index (κ3) is 5.51. The summed E-state index contributed by atoms with van der Waals surface area (Å²) in [6, 6.07) is 17.8. The van der Waals surface area contributed by atoms with Gasteiger partial charge in [0.15, 0.2) is 15.4 Å². The Bertz CT molecular complexity index is 1620. The van der Waals surface area contributed by atoms with Gasteiger partial charge < -0.3 is 10.4 Å². The highest BCUT2D eigenvalue weighted by Gasteiger charge is 2.33. The number of fused-ring (bicyclic) bond motifs is 2. The van der Waals surface area contributed by atoms with E-state index in [1.54, 1.807) is 17.8 Å². The summed E-state index contributed by atoms with van der Waals surface area (Å²) < 4.78 is 32.1. The van der Waals surface area contributed by atoms with Gasteiger partial charge in [-0.3, -0.25) is 0 Å². The van der Waals surface area contributed by atoms with Crippen LogP contribution in [0.15, 0.2) is 73.9 Å². The zero-order valence-corrected chi connectivity index (χ0v) is 24.4. The molecule has 1 aliphatic carbocycles. The third-order valence-electron chi connectivity index (χ3n) is 8.49. The molecule has 4 aromatic rings. The van der Waals surface area contributed by atoms with Crippen molar-refractivity contribution >= 4 is 38.3 Å². The Morgan fingerprint density at radius 3 is 2.67 bits per heavy atom. The molecule has 2 heterocycles. The molecule has 0 saturated heterocycles. The van der Waals surface area contributed by atoms with Gasteiger partial charge in [0.1, 0.15) is 5.52 Å². The van der Waals surface area contributed by atoms with Gasteiger partial charge in [0.05, 0.1) is 21.9 Å². The molecule has 3 aromatic carbocycles. The first-order chi connectivity index (χ1) is 19.3. The summed E-state index contributed by atoms with van der Waals surface area (Å²) in [5.41, 5.74) is 4.47. The number of benzene rings is 3. The predicted molar refractivity (Wildman–Crippen MR) is 158 cm³/mol. The molecule has 2 atom stereocenters. The monoisotopic (exact) mass is 577 g/mol. The zero-order valence-electron chi connectivity index (χ0n) is 22.7. The van der Waals surface area contributed by atoms with Crippen molar-refractivity contribution in [1.82, 2.24) is 10.3 Å². The summed E-state index contributed by atoms with van der Waals surface area (Å²) in [7, 11) is -3.60. The Morgan fingerprint density at radius 2 is 1.82 bits per heavy atom. The topological polar surface area (TPSA) is 105 Å². The van der Waals surface area contributed by atoms with E-state index in [1.807, 2.05) is 37.3 Å². The van der Waals surface area contributed by atoms with Gasteiger partial charge >= 0.3 is 0 Å². The molecule has 210 valence electrons. The van der Waals surface area contributed by atoms with Gasteiger partial charge in [-0.25, -0.2) is 13.0 Å². The Hall–Kier alpha value is -2.88. The van der Waals surface area contributed by atoms with E-state index in [4.69, 9.17) is 4.63 Å². The molecule has 1 fully saturated rings. The number of anilines is 1. The van der Waals surface area contributed by atoms with Crippen LogP contribution in [0.2, 0.25) is 0 Å². The van der Waals surface area contributed by atoms with Gasteiger partial charge in [0.2, 0.25) is 0 Å². The SMILES string of the molecule is Cc1ccc(C2(O)CCCC(CCS(=O)(=O)c3ccc(Sc4cccc5c4NCCC5)c4nonc34)CC2)cc1. The lowest BCUT2D eigenvalue weighted by molar-refractivity contribution is 0.0196. The van der Waals surface area contributed by atoms with Crippen molar-refractivity contribution in [3.8, 4) is 0 Å². The number of nitrogens with zero attached hydrogens (tertiary/aromatic N) is 2. The normalized spacial score (nSPS) is 21.5. The molecular weight excluding hydrogens is 542 g/mol. The highest BCUT2D eigenvalue weighted by Crippen LogP contribution is 2.42. The van der Waals surface area contributed by atoms with E-state index in [9.17, 15) is 13.5 Å². The average Bonchev–Trinajstić information content (AvgIpc) is 3.37. The fourth-order valence-corrected chi connectivity index (χ4v) is 8.73. The Balaban J connectivity index is 1.16. The van der Waals surface area contributed by atoms with E-state index in [0.717, 1.165) is 59.7 Å². The largest absolute Gasteiger partial charge is 0.385 e. The van der Waals surface area contributed by atoms with Crippen LogP contribution in [0.5, 0.6) is 0 Å². The number of rotatable bonds is 7. The lowest BCUT2D eigenvalue weighted by Crippen LogP contribution is -2.24. The summed E-state index contributed by atoms with van der Waals surface area (Å²) in [4.78, 5) is 2.07. The van der Waals surface area contributed by atoms with E-state index in [0.29, 0.717) is 24.8 Å². The fraction of sp³-hybridized carbons (Fsp3) is 0.419. The van der Waals surface area contributed by atoms with Crippen LogP contribution in [0.1, 0.15) is 61.6 Å². The van der Waals surface area contributed by atoms with E-state index >= 15 is 0 Å². The maximum absolute atomic E-state index is 13.5. The highest BCUT2D eigenvalue weighted by atomic mass is 32.2. The summed E-state index contributed by atoms with van der Waals surface area (Å²) >= 11 is 1.55. The van der Waals surface area contributed by atoms with Crippen molar-refractivity contribution in [1.29, 1.82) is 0 Å². The first kappa shape index (κ1) is 27.3. The molecule has 0 amide bonds. The lowest BCUT2D eigenvalue weighted by atomic mass is 9.86. The quantitative estimate of drug-likeness (QED) is 0.235. The summed E-state index contributed by atoms with van der Waals surface area (Å²) in [5.74, 6) is 0.275. The van der Waals surface area contributed by atoms with Gasteiger partial charge in [-0.15, -0.1) is 0 Å². The minimum atomic E-state index is -3.60. The smallest absolute Gasteiger partial charge is 0.180 e. The van der Waals surface area contributed by atoms with Crippen LogP contribution in [0.4, 0.5) is 5.69 Å². The molecule has 9 heteroatoms. The molecule has 1 saturated carbocycles. The molecule has 1 aromatic heterocycles. The number of aryl methyl sites for hydroxylation is 2. The molecule has 6 rings (SSSR count). The van der Waals surface area contributed by atoms with Crippen molar-refractivity contribution in [2.24, 2.45) is 5.92 Å². The van der Waals surface area contributed by atoms with Crippen LogP contribution >= 0.6 is 11.8 Å². The second kappa shape index (κ2) is 11.2. The maximum atomic E-state index is 13.5. The molecule has 0 radical (unpaired) electrons. The average molecular weight is 578 g/mol. The number of sulfone groups is 1. The molecule has 0 spiro atoms. The second-order valence-electron chi connectivity index (χ2n) is 11.2. The Labute approximate surface area is 239 Å². The van der Waals surface area contributed by atoms with Crippen molar-refractivity contribution in [3.05, 3.63) is 71.3 Å². The van der Waals surface area contributed by atoms with E-state index in [2.05, 4.69) is 33.8 Å². The molecule has 2 aliphatic rings. The number of aliphatic hydroxyl groups is 1. The second-order valence-corrected chi connectivity index (χ2v) is 14.4. The third-order valence-corrected chi connectivity index (χ3v) is 11.4.